The van der Waals surface area contributed by atoms with Crippen molar-refractivity contribution >= 4 is 34.6 Å². The number of nitrogens with zero attached hydrogens (tertiary/aromatic N) is 1. The third kappa shape index (κ3) is 4.62. The minimum atomic E-state index is -0.570. The topological polar surface area (TPSA) is 98.3 Å². The number of rotatable bonds is 5. The number of anilines is 2. The number of carbonyl (C=O) groups is 1. The van der Waals surface area contributed by atoms with E-state index in [1.807, 2.05) is 36.4 Å². The van der Waals surface area contributed by atoms with Crippen LogP contribution in [0.4, 0.5) is 17.1 Å². The summed E-state index contributed by atoms with van der Waals surface area (Å²) >= 11 is 6.00. The molecule has 0 aliphatic heterocycles. The highest BCUT2D eigenvalue weighted by atomic mass is 35.5. The summed E-state index contributed by atoms with van der Waals surface area (Å²) in [6.45, 7) is 0. The molecule has 0 unspecified atom stereocenters. The molecule has 27 heavy (non-hydrogen) atoms. The van der Waals surface area contributed by atoms with E-state index < -0.39 is 10.8 Å². The van der Waals surface area contributed by atoms with E-state index in [9.17, 15) is 14.9 Å². The van der Waals surface area contributed by atoms with Gasteiger partial charge in [-0.05, 0) is 47.9 Å². The monoisotopic (exact) mass is 381 g/mol. The Morgan fingerprint density at radius 3 is 2.19 bits per heavy atom. The van der Waals surface area contributed by atoms with Crippen LogP contribution in [0.5, 0.6) is 0 Å². The van der Waals surface area contributed by atoms with E-state index in [4.69, 9.17) is 17.3 Å². The number of nitrogens with one attached hydrogen (secondary N) is 1. The van der Waals surface area contributed by atoms with Gasteiger partial charge in [0.25, 0.3) is 11.6 Å². The summed E-state index contributed by atoms with van der Waals surface area (Å²) in [5, 5.41) is 13.7. The molecule has 0 fully saturated rings. The van der Waals surface area contributed by atoms with Crippen LogP contribution in [0.1, 0.15) is 21.5 Å². The first-order chi connectivity index (χ1) is 12.9. The SMILES string of the molecule is Nc1ccc(Cc2ccc(NC(=O)c3cc([N+](=O)[O-])ccc3Cl)cc2)cc1. The molecular formula is C20H16ClN3O3. The van der Waals surface area contributed by atoms with E-state index in [-0.39, 0.29) is 16.3 Å². The van der Waals surface area contributed by atoms with Crippen LogP contribution in [0, 0.1) is 10.1 Å². The molecule has 0 saturated heterocycles. The van der Waals surface area contributed by atoms with Gasteiger partial charge in [0, 0.05) is 23.5 Å². The van der Waals surface area contributed by atoms with Crippen LogP contribution in [0.15, 0.2) is 66.7 Å². The Bertz CT molecular complexity index is 986. The maximum atomic E-state index is 12.4. The lowest BCUT2D eigenvalue weighted by molar-refractivity contribution is -0.384. The van der Waals surface area contributed by atoms with Crippen molar-refractivity contribution in [1.82, 2.24) is 0 Å². The Balaban J connectivity index is 1.71. The number of amides is 1. The van der Waals surface area contributed by atoms with Crippen LogP contribution in [0.3, 0.4) is 0 Å². The van der Waals surface area contributed by atoms with Crippen LogP contribution < -0.4 is 11.1 Å². The molecule has 6 nitrogen and oxygen atoms in total. The molecular weight excluding hydrogens is 366 g/mol. The number of carbonyl (C=O) groups excluding carboxylic acids is 1. The highest BCUT2D eigenvalue weighted by Gasteiger charge is 2.16. The fourth-order valence-electron chi connectivity index (χ4n) is 2.58. The summed E-state index contributed by atoms with van der Waals surface area (Å²) in [7, 11) is 0. The summed E-state index contributed by atoms with van der Waals surface area (Å²) in [4.78, 5) is 22.7. The summed E-state index contributed by atoms with van der Waals surface area (Å²) in [6.07, 6.45) is 0.741. The van der Waals surface area contributed by atoms with Crippen molar-refractivity contribution in [3.8, 4) is 0 Å². The van der Waals surface area contributed by atoms with Gasteiger partial charge in [0.05, 0.1) is 15.5 Å². The van der Waals surface area contributed by atoms with Crippen LogP contribution >= 0.6 is 11.6 Å². The molecule has 1 amide bonds. The van der Waals surface area contributed by atoms with Gasteiger partial charge in [0.1, 0.15) is 0 Å². The molecule has 0 aliphatic carbocycles. The highest BCUT2D eigenvalue weighted by Crippen LogP contribution is 2.23. The van der Waals surface area contributed by atoms with Gasteiger partial charge in [-0.1, -0.05) is 35.9 Å². The number of halogens is 1. The molecule has 136 valence electrons. The summed E-state index contributed by atoms with van der Waals surface area (Å²) < 4.78 is 0. The molecule has 3 rings (SSSR count). The Morgan fingerprint density at radius 2 is 1.59 bits per heavy atom. The van der Waals surface area contributed by atoms with Gasteiger partial charge in [-0.3, -0.25) is 14.9 Å². The van der Waals surface area contributed by atoms with E-state index in [1.54, 1.807) is 12.1 Å². The summed E-state index contributed by atoms with van der Waals surface area (Å²) in [6, 6.07) is 18.8. The maximum absolute atomic E-state index is 12.4. The molecule has 0 saturated carbocycles. The van der Waals surface area contributed by atoms with E-state index >= 15 is 0 Å². The third-order valence-corrected chi connectivity index (χ3v) is 4.33. The predicted molar refractivity (Wildman–Crippen MR) is 106 cm³/mol. The van der Waals surface area contributed by atoms with Gasteiger partial charge in [-0.15, -0.1) is 0 Å². The minimum absolute atomic E-state index is 0.0526. The van der Waals surface area contributed by atoms with Crippen molar-refractivity contribution in [2.45, 2.75) is 6.42 Å². The van der Waals surface area contributed by atoms with Gasteiger partial charge < -0.3 is 11.1 Å². The highest BCUT2D eigenvalue weighted by molar-refractivity contribution is 6.34. The number of nitrogens with two attached hydrogens (primary N) is 1. The van der Waals surface area contributed by atoms with Crippen LogP contribution in [-0.2, 0) is 6.42 Å². The first kappa shape index (κ1) is 18.4. The van der Waals surface area contributed by atoms with E-state index in [0.717, 1.165) is 29.3 Å². The van der Waals surface area contributed by atoms with Gasteiger partial charge in [-0.25, -0.2) is 0 Å². The third-order valence-electron chi connectivity index (χ3n) is 4.01. The predicted octanol–water partition coefficient (Wildman–Crippen LogP) is 4.67. The van der Waals surface area contributed by atoms with Gasteiger partial charge in [-0.2, -0.15) is 0 Å². The number of nitrogen functional groups attached to an aromatic ring is 1. The first-order valence-electron chi connectivity index (χ1n) is 8.11. The van der Waals surface area contributed by atoms with Crippen LogP contribution in [0.25, 0.3) is 0 Å². The van der Waals surface area contributed by atoms with Crippen molar-refractivity contribution in [2.24, 2.45) is 0 Å². The van der Waals surface area contributed by atoms with E-state index in [2.05, 4.69) is 5.32 Å². The molecule has 3 N–H and O–H groups in total. The second-order valence-electron chi connectivity index (χ2n) is 5.99. The molecule has 0 atom stereocenters. The molecule has 0 heterocycles. The van der Waals surface area contributed by atoms with Gasteiger partial charge in [0.2, 0.25) is 0 Å². The quantitative estimate of drug-likeness (QED) is 0.381. The van der Waals surface area contributed by atoms with Crippen molar-refractivity contribution < 1.29 is 9.72 Å². The summed E-state index contributed by atoms with van der Waals surface area (Å²) in [5.41, 5.74) is 9.04. The zero-order valence-corrected chi connectivity index (χ0v) is 14.9. The molecule has 3 aromatic carbocycles. The zero-order chi connectivity index (χ0) is 19.4. The smallest absolute Gasteiger partial charge is 0.270 e. The minimum Gasteiger partial charge on any atom is -0.399 e. The second-order valence-corrected chi connectivity index (χ2v) is 6.40. The lowest BCUT2D eigenvalue weighted by atomic mass is 10.0. The number of hydrogen-bond acceptors (Lipinski definition) is 4. The summed E-state index contributed by atoms with van der Waals surface area (Å²) in [5.74, 6) is -0.505. The lowest BCUT2D eigenvalue weighted by Gasteiger charge is -2.08. The molecule has 7 heteroatoms. The van der Waals surface area contributed by atoms with E-state index in [1.165, 1.54) is 12.1 Å². The van der Waals surface area contributed by atoms with Crippen molar-refractivity contribution in [2.75, 3.05) is 11.1 Å². The fraction of sp³-hybridized carbons (Fsp3) is 0.0500. The average molecular weight is 382 g/mol. The number of hydrogen-bond donors (Lipinski definition) is 2. The molecule has 3 aromatic rings. The van der Waals surface area contributed by atoms with Crippen LogP contribution in [-0.4, -0.2) is 10.8 Å². The Labute approximate surface area is 160 Å². The standard InChI is InChI=1S/C20H16ClN3O3/c21-19-10-9-17(24(26)27)12-18(19)20(25)23-16-7-3-14(4-8-16)11-13-1-5-15(22)6-2-13/h1-10,12H,11,22H2,(H,23,25). The van der Waals surface area contributed by atoms with Crippen molar-refractivity contribution in [1.29, 1.82) is 0 Å². The molecule has 0 spiro atoms. The number of nitro benzene ring substituents is 1. The largest absolute Gasteiger partial charge is 0.399 e. The molecule has 0 aliphatic rings. The van der Waals surface area contributed by atoms with Crippen LogP contribution in [0.2, 0.25) is 5.02 Å². The Hall–Kier alpha value is -3.38. The molecule has 0 bridgehead atoms. The average Bonchev–Trinajstić information content (AvgIpc) is 2.65. The Kier molecular flexibility index (Phi) is 5.38. The number of nitro groups is 1. The maximum Gasteiger partial charge on any atom is 0.270 e. The zero-order valence-electron chi connectivity index (χ0n) is 14.2. The fourth-order valence-corrected chi connectivity index (χ4v) is 2.78. The second kappa shape index (κ2) is 7.88. The Morgan fingerprint density at radius 1 is 1.00 bits per heavy atom. The number of non-ortho nitro benzene ring substituents is 1. The molecule has 0 radical (unpaired) electrons. The first-order valence-corrected chi connectivity index (χ1v) is 8.49. The molecule has 0 aromatic heterocycles. The van der Waals surface area contributed by atoms with E-state index in [0.29, 0.717) is 5.69 Å². The number of benzene rings is 3. The van der Waals surface area contributed by atoms with Gasteiger partial charge >= 0.3 is 0 Å². The van der Waals surface area contributed by atoms with Crippen molar-refractivity contribution in [3.05, 3.63) is 98.6 Å². The lowest BCUT2D eigenvalue weighted by Crippen LogP contribution is -2.12. The van der Waals surface area contributed by atoms with Gasteiger partial charge in [0.15, 0.2) is 0 Å². The normalized spacial score (nSPS) is 10.4. The van der Waals surface area contributed by atoms with Crippen molar-refractivity contribution in [3.63, 3.8) is 0 Å².